The van der Waals surface area contributed by atoms with Crippen LogP contribution in [0.1, 0.15) is 50.8 Å². The van der Waals surface area contributed by atoms with Crippen LogP contribution in [0.5, 0.6) is 0 Å². The highest BCUT2D eigenvalue weighted by molar-refractivity contribution is 5.67. The van der Waals surface area contributed by atoms with Gasteiger partial charge in [-0.1, -0.05) is 0 Å². The van der Waals surface area contributed by atoms with E-state index in [1.165, 1.54) is 0 Å². The van der Waals surface area contributed by atoms with E-state index in [9.17, 15) is 18.4 Å². The van der Waals surface area contributed by atoms with Crippen LogP contribution >= 0.6 is 0 Å². The zero-order chi connectivity index (χ0) is 19.4. The van der Waals surface area contributed by atoms with Crippen LogP contribution < -0.4 is 16.2 Å². The summed E-state index contributed by atoms with van der Waals surface area (Å²) < 4.78 is 32.8. The maximum Gasteiger partial charge on any atom is 0.407 e. The number of aromatic nitrogens is 2. The Kier molecular flexibility index (Phi) is 6.64. The molecule has 1 aromatic rings. The van der Waals surface area contributed by atoms with Crippen LogP contribution in [-0.2, 0) is 4.74 Å². The predicted octanol–water partition coefficient (Wildman–Crippen LogP) is 2.20. The molecule has 9 heteroatoms. The number of carbonyl (C=O) groups excluding carboxylic acids is 1. The van der Waals surface area contributed by atoms with Crippen molar-refractivity contribution in [2.45, 2.75) is 59.1 Å². The van der Waals surface area contributed by atoms with Crippen LogP contribution in [0.4, 0.5) is 13.6 Å². The molecular formula is C16H26F2N4O3. The van der Waals surface area contributed by atoms with Gasteiger partial charge in [-0.05, 0) is 41.5 Å². The molecule has 0 aromatic carbocycles. The zero-order valence-corrected chi connectivity index (χ0v) is 15.4. The number of nitrogens with one attached hydrogen (secondary N) is 3. The molecule has 0 fully saturated rings. The fraction of sp³-hybridized carbons (Fsp3) is 0.688. The highest BCUT2D eigenvalue weighted by Gasteiger charge is 2.31. The maximum absolute atomic E-state index is 13.9. The second-order valence-electron chi connectivity index (χ2n) is 6.96. The number of aryl methyl sites for hydroxylation is 2. The molecule has 1 unspecified atom stereocenters. The Labute approximate surface area is 145 Å². The SMILES string of the molecule is Cc1nc(C)c(C(C)NCC(F)(F)CNC(=O)OC(C)(C)C)c(=O)[nH]1. The van der Waals surface area contributed by atoms with Crippen molar-refractivity contribution in [3.63, 3.8) is 0 Å². The largest absolute Gasteiger partial charge is 0.444 e. The highest BCUT2D eigenvalue weighted by atomic mass is 19.3. The van der Waals surface area contributed by atoms with E-state index in [1.807, 2.05) is 5.32 Å². The zero-order valence-electron chi connectivity index (χ0n) is 15.4. The van der Waals surface area contributed by atoms with Crippen molar-refractivity contribution >= 4 is 6.09 Å². The van der Waals surface area contributed by atoms with Crippen molar-refractivity contribution in [3.05, 3.63) is 27.4 Å². The fourth-order valence-electron chi connectivity index (χ4n) is 2.23. The van der Waals surface area contributed by atoms with E-state index < -0.39 is 36.7 Å². The van der Waals surface area contributed by atoms with E-state index in [4.69, 9.17) is 4.74 Å². The Bertz CT molecular complexity index is 668. The average Bonchev–Trinajstić information content (AvgIpc) is 2.40. The third kappa shape index (κ3) is 7.16. The fourth-order valence-corrected chi connectivity index (χ4v) is 2.23. The van der Waals surface area contributed by atoms with Gasteiger partial charge in [0.1, 0.15) is 11.4 Å². The minimum absolute atomic E-state index is 0.307. The lowest BCUT2D eigenvalue weighted by Crippen LogP contribution is -2.45. The molecule has 1 rings (SSSR count). The van der Waals surface area contributed by atoms with Gasteiger partial charge in [-0.25, -0.2) is 18.6 Å². The van der Waals surface area contributed by atoms with Gasteiger partial charge in [0.2, 0.25) is 0 Å². The second kappa shape index (κ2) is 7.90. The van der Waals surface area contributed by atoms with E-state index >= 15 is 0 Å². The summed E-state index contributed by atoms with van der Waals surface area (Å²) >= 11 is 0. The van der Waals surface area contributed by atoms with Gasteiger partial charge in [0.15, 0.2) is 0 Å². The highest BCUT2D eigenvalue weighted by Crippen LogP contribution is 2.16. The molecule has 0 radical (unpaired) electrons. The molecule has 1 amide bonds. The van der Waals surface area contributed by atoms with Gasteiger partial charge in [0.25, 0.3) is 11.5 Å². The summed E-state index contributed by atoms with van der Waals surface area (Å²) in [6, 6.07) is -0.621. The van der Waals surface area contributed by atoms with Crippen LogP contribution in [0.3, 0.4) is 0 Å². The smallest absolute Gasteiger partial charge is 0.407 e. The molecule has 1 heterocycles. The van der Waals surface area contributed by atoms with Gasteiger partial charge in [0, 0.05) is 11.7 Å². The normalized spacial score (nSPS) is 13.4. The summed E-state index contributed by atoms with van der Waals surface area (Å²) in [7, 11) is 0. The predicted molar refractivity (Wildman–Crippen MR) is 89.9 cm³/mol. The number of halogens is 2. The first kappa shape index (κ1) is 21.0. The first-order chi connectivity index (χ1) is 11.3. The summed E-state index contributed by atoms with van der Waals surface area (Å²) in [6.07, 6.45) is -0.907. The van der Waals surface area contributed by atoms with Crippen LogP contribution in [0.2, 0.25) is 0 Å². The quantitative estimate of drug-likeness (QED) is 0.723. The molecule has 142 valence electrons. The molecule has 25 heavy (non-hydrogen) atoms. The van der Waals surface area contributed by atoms with E-state index in [2.05, 4.69) is 15.3 Å². The minimum atomic E-state index is -3.20. The molecule has 0 spiro atoms. The standard InChI is InChI=1S/C16H26F2N4O3/c1-9(12-10(2)21-11(3)22-13(12)23)19-7-16(17,18)8-20-14(24)25-15(4,5)6/h9,19H,7-8H2,1-6H3,(H,20,24)(H,21,22,23). The monoisotopic (exact) mass is 360 g/mol. The number of aromatic amines is 1. The van der Waals surface area contributed by atoms with E-state index in [0.717, 1.165) is 0 Å². The summed E-state index contributed by atoms with van der Waals surface area (Å²) in [5, 5.41) is 4.65. The molecule has 0 saturated carbocycles. The molecule has 0 aliphatic carbocycles. The first-order valence-electron chi connectivity index (χ1n) is 7.96. The van der Waals surface area contributed by atoms with Gasteiger partial charge in [0.05, 0.1) is 18.7 Å². The number of amides is 1. The molecule has 0 aliphatic heterocycles. The number of H-pyrrole nitrogens is 1. The van der Waals surface area contributed by atoms with Crippen LogP contribution in [0, 0.1) is 13.8 Å². The van der Waals surface area contributed by atoms with E-state index in [0.29, 0.717) is 17.1 Å². The molecule has 0 aliphatic rings. The molecule has 1 atom stereocenters. The maximum atomic E-state index is 13.9. The molecule has 1 aromatic heterocycles. The third-order valence-electron chi connectivity index (χ3n) is 3.25. The van der Waals surface area contributed by atoms with Crippen molar-refractivity contribution in [2.24, 2.45) is 0 Å². The summed E-state index contributed by atoms with van der Waals surface area (Å²) in [4.78, 5) is 30.1. The van der Waals surface area contributed by atoms with Gasteiger partial charge in [-0.3, -0.25) is 4.79 Å². The Morgan fingerprint density at radius 2 is 1.88 bits per heavy atom. The van der Waals surface area contributed by atoms with E-state index in [1.54, 1.807) is 41.5 Å². The molecular weight excluding hydrogens is 334 g/mol. The van der Waals surface area contributed by atoms with Crippen LogP contribution in [0.25, 0.3) is 0 Å². The average molecular weight is 360 g/mol. The molecule has 0 bridgehead atoms. The number of hydrogen-bond donors (Lipinski definition) is 3. The lowest BCUT2D eigenvalue weighted by Gasteiger charge is -2.23. The number of carbonyl (C=O) groups is 1. The molecule has 7 nitrogen and oxygen atoms in total. The number of rotatable bonds is 6. The number of alkyl carbamates (subject to hydrolysis) is 1. The van der Waals surface area contributed by atoms with Crippen LogP contribution in [0.15, 0.2) is 4.79 Å². The van der Waals surface area contributed by atoms with Crippen molar-refractivity contribution < 1.29 is 18.3 Å². The number of nitrogens with zero attached hydrogens (tertiary/aromatic N) is 1. The number of hydrogen-bond acceptors (Lipinski definition) is 5. The van der Waals surface area contributed by atoms with Crippen LogP contribution in [-0.4, -0.2) is 40.7 Å². The summed E-state index contributed by atoms with van der Waals surface area (Å²) in [6.45, 7) is 8.24. The second-order valence-corrected chi connectivity index (χ2v) is 6.96. The van der Waals surface area contributed by atoms with Crippen molar-refractivity contribution in [3.8, 4) is 0 Å². The van der Waals surface area contributed by atoms with E-state index in [-0.39, 0.29) is 5.56 Å². The molecule has 0 saturated heterocycles. The Morgan fingerprint density at radius 1 is 1.28 bits per heavy atom. The third-order valence-corrected chi connectivity index (χ3v) is 3.25. The topological polar surface area (TPSA) is 96.1 Å². The lowest BCUT2D eigenvalue weighted by molar-refractivity contribution is -0.00530. The lowest BCUT2D eigenvalue weighted by atomic mass is 10.1. The van der Waals surface area contributed by atoms with Gasteiger partial charge >= 0.3 is 6.09 Å². The number of ether oxygens (including phenoxy) is 1. The van der Waals surface area contributed by atoms with Crippen molar-refractivity contribution in [1.82, 2.24) is 20.6 Å². The van der Waals surface area contributed by atoms with Crippen molar-refractivity contribution in [2.75, 3.05) is 13.1 Å². The number of alkyl halides is 2. The summed E-state index contributed by atoms with van der Waals surface area (Å²) in [5.41, 5.74) is -0.332. The molecule has 3 N–H and O–H groups in total. The van der Waals surface area contributed by atoms with Gasteiger partial charge < -0.3 is 20.4 Å². The van der Waals surface area contributed by atoms with Gasteiger partial charge in [-0.15, -0.1) is 0 Å². The van der Waals surface area contributed by atoms with Crippen molar-refractivity contribution in [1.29, 1.82) is 0 Å². The summed E-state index contributed by atoms with van der Waals surface area (Å²) in [5.74, 6) is -2.74. The van der Waals surface area contributed by atoms with Gasteiger partial charge in [-0.2, -0.15) is 0 Å². The first-order valence-corrected chi connectivity index (χ1v) is 7.96. The minimum Gasteiger partial charge on any atom is -0.444 e. The Morgan fingerprint density at radius 3 is 2.40 bits per heavy atom. The Hall–Kier alpha value is -2.03. The Balaban J connectivity index is 2.61.